The van der Waals surface area contributed by atoms with Gasteiger partial charge in [0, 0.05) is 26.2 Å². The van der Waals surface area contributed by atoms with Gasteiger partial charge in [-0.1, -0.05) is 13.8 Å². The molecule has 2 aliphatic heterocycles. The van der Waals surface area contributed by atoms with Crippen molar-refractivity contribution in [1.82, 2.24) is 10.2 Å². The lowest BCUT2D eigenvalue weighted by atomic mass is 9.98. The van der Waals surface area contributed by atoms with Crippen molar-refractivity contribution in [3.05, 3.63) is 0 Å². The van der Waals surface area contributed by atoms with E-state index in [0.29, 0.717) is 18.8 Å². The Kier molecular flexibility index (Phi) is 8.46. The number of nitrogens with one attached hydrogen (secondary N) is 1. The maximum absolute atomic E-state index is 10.5. The monoisotopic (exact) mass is 355 g/mol. The number of nitrogens with zero attached hydrogens (tertiary/aromatic N) is 2. The Morgan fingerprint density at radius 2 is 1.96 bits per heavy atom. The predicted octanol–water partition coefficient (Wildman–Crippen LogP) is 2.16. The molecule has 0 aromatic carbocycles. The van der Waals surface area contributed by atoms with E-state index >= 15 is 0 Å². The molecular formula is C19H37N3O3. The molecule has 0 saturated carbocycles. The van der Waals surface area contributed by atoms with Crippen LogP contribution in [0.15, 0.2) is 4.99 Å². The molecule has 2 N–H and O–H groups in total. The fourth-order valence-electron chi connectivity index (χ4n) is 3.37. The van der Waals surface area contributed by atoms with E-state index in [4.69, 9.17) is 14.5 Å². The second kappa shape index (κ2) is 10.3. The Labute approximate surface area is 153 Å². The zero-order chi connectivity index (χ0) is 18.1. The third-order valence-electron chi connectivity index (χ3n) is 5.46. The van der Waals surface area contributed by atoms with Gasteiger partial charge in [0.2, 0.25) is 0 Å². The Morgan fingerprint density at radius 3 is 2.52 bits per heavy atom. The minimum atomic E-state index is -0.691. The molecule has 0 aromatic heterocycles. The lowest BCUT2D eigenvalue weighted by Crippen LogP contribution is -2.48. The van der Waals surface area contributed by atoms with Gasteiger partial charge in [-0.25, -0.2) is 0 Å². The van der Waals surface area contributed by atoms with Crippen molar-refractivity contribution in [1.29, 1.82) is 0 Å². The van der Waals surface area contributed by atoms with Gasteiger partial charge >= 0.3 is 0 Å². The molecule has 0 radical (unpaired) electrons. The minimum Gasteiger partial charge on any atom is -0.388 e. The second-order valence-electron chi connectivity index (χ2n) is 7.26. The van der Waals surface area contributed by atoms with Crippen molar-refractivity contribution >= 4 is 5.96 Å². The summed E-state index contributed by atoms with van der Waals surface area (Å²) >= 11 is 0. The summed E-state index contributed by atoms with van der Waals surface area (Å²) in [5.41, 5.74) is -0.691. The molecule has 2 heterocycles. The summed E-state index contributed by atoms with van der Waals surface area (Å²) in [6.45, 7) is 10.9. The van der Waals surface area contributed by atoms with E-state index in [1.54, 1.807) is 0 Å². The standard InChI is InChI=1S/C19H37N3O3/c1-4-19(23,5-2)15-21-18(20-6-3)22-11-9-16(10-12-22)25-14-17-8-7-13-24-17/h16-17,23H,4-15H2,1-3H3,(H,20,21). The summed E-state index contributed by atoms with van der Waals surface area (Å²) in [6, 6.07) is 0. The highest BCUT2D eigenvalue weighted by Gasteiger charge is 2.26. The molecule has 6 heteroatoms. The third-order valence-corrected chi connectivity index (χ3v) is 5.46. The maximum Gasteiger partial charge on any atom is 0.194 e. The molecule has 1 unspecified atom stereocenters. The summed E-state index contributed by atoms with van der Waals surface area (Å²) < 4.78 is 11.7. The first-order valence-corrected chi connectivity index (χ1v) is 10.1. The molecule has 0 amide bonds. The van der Waals surface area contributed by atoms with Crippen molar-refractivity contribution < 1.29 is 14.6 Å². The van der Waals surface area contributed by atoms with Crippen LogP contribution in [0.1, 0.15) is 59.3 Å². The lowest BCUT2D eigenvalue weighted by Gasteiger charge is -2.35. The molecule has 146 valence electrons. The van der Waals surface area contributed by atoms with Crippen LogP contribution in [0.2, 0.25) is 0 Å². The van der Waals surface area contributed by atoms with Gasteiger partial charge in [-0.15, -0.1) is 0 Å². The average molecular weight is 356 g/mol. The summed E-state index contributed by atoms with van der Waals surface area (Å²) in [7, 11) is 0. The van der Waals surface area contributed by atoms with Crippen LogP contribution < -0.4 is 5.32 Å². The van der Waals surface area contributed by atoms with Crippen LogP contribution in [-0.2, 0) is 9.47 Å². The van der Waals surface area contributed by atoms with E-state index in [-0.39, 0.29) is 0 Å². The zero-order valence-electron chi connectivity index (χ0n) is 16.3. The SMILES string of the molecule is CCNC(=NCC(O)(CC)CC)N1CCC(OCC2CCCO2)CC1. The van der Waals surface area contributed by atoms with Crippen molar-refractivity contribution in [3.63, 3.8) is 0 Å². The summed E-state index contributed by atoms with van der Waals surface area (Å²) in [4.78, 5) is 7.00. The molecule has 0 aromatic rings. The molecule has 0 spiro atoms. The number of rotatable bonds is 8. The molecule has 1 atom stereocenters. The van der Waals surface area contributed by atoms with Crippen molar-refractivity contribution in [2.24, 2.45) is 4.99 Å². The van der Waals surface area contributed by atoms with Crippen LogP contribution in [0.4, 0.5) is 0 Å². The van der Waals surface area contributed by atoms with Crippen molar-refractivity contribution in [2.45, 2.75) is 77.1 Å². The molecule has 0 bridgehead atoms. The number of ether oxygens (including phenoxy) is 2. The molecular weight excluding hydrogens is 318 g/mol. The highest BCUT2D eigenvalue weighted by atomic mass is 16.5. The van der Waals surface area contributed by atoms with Crippen LogP contribution in [0.3, 0.4) is 0 Å². The van der Waals surface area contributed by atoms with Gasteiger partial charge in [-0.3, -0.25) is 4.99 Å². The molecule has 2 fully saturated rings. The smallest absolute Gasteiger partial charge is 0.194 e. The van der Waals surface area contributed by atoms with Crippen LogP contribution in [0, 0.1) is 0 Å². The van der Waals surface area contributed by atoms with Crippen LogP contribution in [0.25, 0.3) is 0 Å². The van der Waals surface area contributed by atoms with E-state index in [2.05, 4.69) is 17.1 Å². The number of likely N-dealkylation sites (tertiary alicyclic amines) is 1. The fourth-order valence-corrected chi connectivity index (χ4v) is 3.37. The number of piperidine rings is 1. The highest BCUT2D eigenvalue weighted by Crippen LogP contribution is 2.19. The molecule has 2 rings (SSSR count). The molecule has 2 saturated heterocycles. The Hall–Kier alpha value is -0.850. The first-order valence-electron chi connectivity index (χ1n) is 10.1. The van der Waals surface area contributed by atoms with E-state index in [9.17, 15) is 5.11 Å². The van der Waals surface area contributed by atoms with E-state index in [1.165, 1.54) is 0 Å². The molecule has 6 nitrogen and oxygen atoms in total. The topological polar surface area (TPSA) is 66.3 Å². The summed E-state index contributed by atoms with van der Waals surface area (Å²) in [5, 5.41) is 13.8. The van der Waals surface area contributed by atoms with Gasteiger partial charge in [-0.2, -0.15) is 0 Å². The van der Waals surface area contributed by atoms with Crippen molar-refractivity contribution in [3.8, 4) is 0 Å². The number of aliphatic imine (C=N–C) groups is 1. The Morgan fingerprint density at radius 1 is 1.24 bits per heavy atom. The second-order valence-corrected chi connectivity index (χ2v) is 7.26. The van der Waals surface area contributed by atoms with Gasteiger partial charge in [0.1, 0.15) is 0 Å². The first-order chi connectivity index (χ1) is 12.1. The number of aliphatic hydroxyl groups is 1. The summed E-state index contributed by atoms with van der Waals surface area (Å²) in [5.74, 6) is 0.917. The largest absolute Gasteiger partial charge is 0.388 e. The van der Waals surface area contributed by atoms with Gasteiger partial charge in [-0.05, 0) is 45.4 Å². The first kappa shape index (κ1) is 20.5. The van der Waals surface area contributed by atoms with E-state index in [1.807, 2.05) is 13.8 Å². The molecule has 0 aliphatic carbocycles. The number of hydrogen-bond donors (Lipinski definition) is 2. The Balaban J connectivity index is 1.80. The van der Waals surface area contributed by atoms with Gasteiger partial charge in [0.25, 0.3) is 0 Å². The summed E-state index contributed by atoms with van der Waals surface area (Å²) in [6.07, 6.45) is 6.41. The van der Waals surface area contributed by atoms with Gasteiger partial charge < -0.3 is 24.8 Å². The van der Waals surface area contributed by atoms with Crippen LogP contribution in [0.5, 0.6) is 0 Å². The quantitative estimate of drug-likeness (QED) is 0.516. The van der Waals surface area contributed by atoms with Gasteiger partial charge in [0.15, 0.2) is 5.96 Å². The number of guanidine groups is 1. The predicted molar refractivity (Wildman–Crippen MR) is 101 cm³/mol. The fraction of sp³-hybridized carbons (Fsp3) is 0.947. The van der Waals surface area contributed by atoms with Crippen LogP contribution >= 0.6 is 0 Å². The molecule has 2 aliphatic rings. The van der Waals surface area contributed by atoms with Gasteiger partial charge in [0.05, 0.1) is 31.0 Å². The zero-order valence-corrected chi connectivity index (χ0v) is 16.3. The van der Waals surface area contributed by atoms with E-state index in [0.717, 1.165) is 77.3 Å². The number of hydrogen-bond acceptors (Lipinski definition) is 4. The normalized spacial score (nSPS) is 23.3. The van der Waals surface area contributed by atoms with E-state index < -0.39 is 5.60 Å². The average Bonchev–Trinajstić information content (AvgIpc) is 3.17. The Bertz CT molecular complexity index is 399. The lowest BCUT2D eigenvalue weighted by molar-refractivity contribution is -0.0367. The highest BCUT2D eigenvalue weighted by molar-refractivity contribution is 5.80. The molecule has 25 heavy (non-hydrogen) atoms. The minimum absolute atomic E-state index is 0.303. The third kappa shape index (κ3) is 6.42. The maximum atomic E-state index is 10.5. The van der Waals surface area contributed by atoms with Crippen molar-refractivity contribution in [2.75, 3.05) is 39.4 Å². The van der Waals surface area contributed by atoms with Crippen LogP contribution in [-0.4, -0.2) is 73.2 Å².